The van der Waals surface area contributed by atoms with Crippen LogP contribution < -0.4 is 9.80 Å². The monoisotopic (exact) mass is 423 g/mol. The number of carbonyl (C=O) groups is 2. The summed E-state index contributed by atoms with van der Waals surface area (Å²) in [7, 11) is 1.66. The minimum Gasteiger partial charge on any atom is -0.395 e. The Labute approximate surface area is 181 Å². The Kier molecular flexibility index (Phi) is 6.04. The fourth-order valence-electron chi connectivity index (χ4n) is 4.21. The van der Waals surface area contributed by atoms with E-state index in [1.165, 1.54) is 30.7 Å². The number of benzene rings is 2. The molecule has 2 heterocycles. The smallest absolute Gasteiger partial charge is 0.282 e. The predicted molar refractivity (Wildman–Crippen MR) is 118 cm³/mol. The highest BCUT2D eigenvalue weighted by Gasteiger charge is 2.41. The second-order valence-corrected chi connectivity index (χ2v) is 7.89. The van der Waals surface area contributed by atoms with Gasteiger partial charge >= 0.3 is 0 Å². The molecule has 7 heteroatoms. The van der Waals surface area contributed by atoms with Crippen LogP contribution in [0.5, 0.6) is 0 Å². The van der Waals surface area contributed by atoms with E-state index in [9.17, 15) is 19.1 Å². The van der Waals surface area contributed by atoms with Crippen molar-refractivity contribution in [1.82, 2.24) is 4.90 Å². The SMILES string of the molecule is CN(CCO)C1=C(c2ccc(F)cc2)C(=O)N(c2ccc(N3CCCCC3)cc2)C1=O. The molecule has 2 amide bonds. The summed E-state index contributed by atoms with van der Waals surface area (Å²) in [6.07, 6.45) is 3.57. The third-order valence-corrected chi connectivity index (χ3v) is 5.84. The van der Waals surface area contributed by atoms with Crippen LogP contribution in [0.3, 0.4) is 0 Å². The lowest BCUT2D eigenvalue weighted by atomic mass is 10.0. The van der Waals surface area contributed by atoms with Gasteiger partial charge < -0.3 is 14.9 Å². The van der Waals surface area contributed by atoms with E-state index in [1.807, 2.05) is 12.1 Å². The first-order chi connectivity index (χ1) is 15.0. The maximum Gasteiger partial charge on any atom is 0.282 e. The number of anilines is 2. The van der Waals surface area contributed by atoms with E-state index in [-0.39, 0.29) is 24.4 Å². The molecule has 0 atom stereocenters. The van der Waals surface area contributed by atoms with Gasteiger partial charge in [-0.25, -0.2) is 9.29 Å². The predicted octanol–water partition coefficient (Wildman–Crippen LogP) is 3.02. The molecular formula is C24H26FN3O3. The van der Waals surface area contributed by atoms with Crippen LogP contribution in [0.2, 0.25) is 0 Å². The molecule has 6 nitrogen and oxygen atoms in total. The summed E-state index contributed by atoms with van der Waals surface area (Å²) in [5.41, 5.74) is 2.44. The minimum atomic E-state index is -0.456. The van der Waals surface area contributed by atoms with E-state index in [0.29, 0.717) is 11.3 Å². The Morgan fingerprint density at radius 3 is 2.13 bits per heavy atom. The number of halogens is 1. The summed E-state index contributed by atoms with van der Waals surface area (Å²) in [4.78, 5) is 31.7. The number of amides is 2. The van der Waals surface area contributed by atoms with Gasteiger partial charge in [0.25, 0.3) is 11.8 Å². The molecule has 1 saturated heterocycles. The van der Waals surface area contributed by atoms with Crippen molar-refractivity contribution >= 4 is 28.8 Å². The van der Waals surface area contributed by atoms with Crippen molar-refractivity contribution in [3.63, 3.8) is 0 Å². The summed E-state index contributed by atoms with van der Waals surface area (Å²) in [5, 5.41) is 9.35. The first-order valence-electron chi connectivity index (χ1n) is 10.6. The van der Waals surface area contributed by atoms with E-state index < -0.39 is 17.6 Å². The van der Waals surface area contributed by atoms with Gasteiger partial charge in [0, 0.05) is 32.4 Å². The molecule has 0 aliphatic carbocycles. The number of nitrogens with zero attached hydrogens (tertiary/aromatic N) is 3. The lowest BCUT2D eigenvalue weighted by Crippen LogP contribution is -2.35. The Hall–Kier alpha value is -3.19. The van der Waals surface area contributed by atoms with Crippen molar-refractivity contribution in [2.45, 2.75) is 19.3 Å². The maximum atomic E-state index is 13.4. The summed E-state index contributed by atoms with van der Waals surface area (Å²) in [6.45, 7) is 2.05. The van der Waals surface area contributed by atoms with Gasteiger partial charge in [-0.1, -0.05) is 12.1 Å². The van der Waals surface area contributed by atoms with Crippen LogP contribution in [0.15, 0.2) is 54.2 Å². The molecule has 162 valence electrons. The Bertz CT molecular complexity index is 996. The van der Waals surface area contributed by atoms with Gasteiger partial charge in [0.15, 0.2) is 0 Å². The number of hydrogen-bond donors (Lipinski definition) is 1. The summed E-state index contributed by atoms with van der Waals surface area (Å²) >= 11 is 0. The van der Waals surface area contributed by atoms with Gasteiger partial charge in [0.1, 0.15) is 11.5 Å². The van der Waals surface area contributed by atoms with Gasteiger partial charge in [-0.2, -0.15) is 0 Å². The van der Waals surface area contributed by atoms with Crippen LogP contribution in [0, 0.1) is 5.82 Å². The quantitative estimate of drug-likeness (QED) is 0.724. The standard InChI is InChI=1S/C24H26FN3O3/c1-26(15-16-29)22-21(17-5-7-18(25)8-6-17)23(30)28(24(22)31)20-11-9-19(10-12-20)27-13-3-2-4-14-27/h5-12,29H,2-4,13-16H2,1H3. The largest absolute Gasteiger partial charge is 0.395 e. The maximum absolute atomic E-state index is 13.4. The number of carbonyl (C=O) groups excluding carboxylic acids is 2. The number of imide groups is 1. The molecule has 1 N–H and O–H groups in total. The van der Waals surface area contributed by atoms with Crippen molar-refractivity contribution in [1.29, 1.82) is 0 Å². The molecular weight excluding hydrogens is 397 g/mol. The summed E-state index contributed by atoms with van der Waals surface area (Å²) in [5.74, 6) is -1.33. The number of aliphatic hydroxyl groups excluding tert-OH is 1. The number of aliphatic hydroxyl groups is 1. The Morgan fingerprint density at radius 1 is 0.903 bits per heavy atom. The van der Waals surface area contributed by atoms with Crippen LogP contribution in [-0.4, -0.2) is 55.1 Å². The fourth-order valence-corrected chi connectivity index (χ4v) is 4.21. The zero-order valence-corrected chi connectivity index (χ0v) is 17.6. The molecule has 0 bridgehead atoms. The average Bonchev–Trinajstić information content (AvgIpc) is 3.05. The van der Waals surface area contributed by atoms with Gasteiger partial charge in [0.05, 0.1) is 17.9 Å². The van der Waals surface area contributed by atoms with E-state index in [2.05, 4.69) is 4.90 Å². The molecule has 1 fully saturated rings. The minimum absolute atomic E-state index is 0.164. The highest BCUT2D eigenvalue weighted by molar-refractivity contribution is 6.45. The number of hydrogen-bond acceptors (Lipinski definition) is 5. The first-order valence-corrected chi connectivity index (χ1v) is 10.6. The van der Waals surface area contributed by atoms with E-state index in [4.69, 9.17) is 0 Å². The van der Waals surface area contributed by atoms with Crippen LogP contribution in [0.25, 0.3) is 5.57 Å². The molecule has 0 spiro atoms. The molecule has 4 rings (SSSR count). The average molecular weight is 423 g/mol. The van der Waals surface area contributed by atoms with Crippen molar-refractivity contribution in [2.24, 2.45) is 0 Å². The third kappa shape index (κ3) is 4.05. The second kappa shape index (κ2) is 8.89. The molecule has 0 saturated carbocycles. The van der Waals surface area contributed by atoms with Crippen LogP contribution in [0.1, 0.15) is 24.8 Å². The third-order valence-electron chi connectivity index (χ3n) is 5.84. The molecule has 31 heavy (non-hydrogen) atoms. The molecule has 0 unspecified atom stereocenters. The summed E-state index contributed by atoms with van der Waals surface area (Å²) in [6, 6.07) is 13.0. The van der Waals surface area contributed by atoms with Gasteiger partial charge in [-0.15, -0.1) is 0 Å². The van der Waals surface area contributed by atoms with Gasteiger partial charge in [-0.05, 0) is 61.2 Å². The molecule has 2 aliphatic heterocycles. The molecule has 2 aromatic carbocycles. The van der Waals surface area contributed by atoms with E-state index in [1.54, 1.807) is 24.1 Å². The Balaban J connectivity index is 1.68. The molecule has 0 radical (unpaired) electrons. The topological polar surface area (TPSA) is 64.1 Å². The highest BCUT2D eigenvalue weighted by Crippen LogP contribution is 2.35. The van der Waals surface area contributed by atoms with Crippen molar-refractivity contribution in [2.75, 3.05) is 43.1 Å². The van der Waals surface area contributed by atoms with E-state index >= 15 is 0 Å². The molecule has 0 aromatic heterocycles. The normalized spacial score (nSPS) is 17.0. The van der Waals surface area contributed by atoms with Crippen molar-refractivity contribution < 1.29 is 19.1 Å². The number of likely N-dealkylation sites (N-methyl/N-ethyl adjacent to an activating group) is 1. The van der Waals surface area contributed by atoms with Crippen molar-refractivity contribution in [3.8, 4) is 0 Å². The van der Waals surface area contributed by atoms with Gasteiger partial charge in [-0.3, -0.25) is 9.59 Å². The molecule has 2 aromatic rings. The highest BCUT2D eigenvalue weighted by atomic mass is 19.1. The molecule has 2 aliphatic rings. The number of piperidine rings is 1. The van der Waals surface area contributed by atoms with E-state index in [0.717, 1.165) is 36.5 Å². The lowest BCUT2D eigenvalue weighted by Gasteiger charge is -2.29. The number of rotatable bonds is 6. The zero-order valence-electron chi connectivity index (χ0n) is 17.6. The second-order valence-electron chi connectivity index (χ2n) is 7.89. The van der Waals surface area contributed by atoms with Gasteiger partial charge in [0.2, 0.25) is 0 Å². The van der Waals surface area contributed by atoms with Crippen LogP contribution >= 0.6 is 0 Å². The Morgan fingerprint density at radius 2 is 1.52 bits per heavy atom. The van der Waals surface area contributed by atoms with Crippen molar-refractivity contribution in [3.05, 3.63) is 65.6 Å². The summed E-state index contributed by atoms with van der Waals surface area (Å²) < 4.78 is 13.4. The van der Waals surface area contributed by atoms with Crippen LogP contribution in [0.4, 0.5) is 15.8 Å². The fraction of sp³-hybridized carbons (Fsp3) is 0.333. The zero-order chi connectivity index (χ0) is 22.0. The van der Waals surface area contributed by atoms with Crippen LogP contribution in [-0.2, 0) is 9.59 Å². The first kappa shape index (κ1) is 21.1. The lowest BCUT2D eigenvalue weighted by molar-refractivity contribution is -0.120.